The van der Waals surface area contributed by atoms with Crippen LogP contribution in [0.5, 0.6) is 0 Å². The number of hydrogen-bond acceptors (Lipinski definition) is 4. The first kappa shape index (κ1) is 21.4. The lowest BCUT2D eigenvalue weighted by atomic mass is 10.2. The van der Waals surface area contributed by atoms with Crippen LogP contribution in [-0.4, -0.2) is 43.1 Å². The SMILES string of the molecule is Cl.Cl.O=C(CC1CSCCN1)Nc1c(F)cccc1N1CCCC1. The first-order valence-corrected chi connectivity index (χ1v) is 9.04. The molecule has 3 rings (SSSR count). The van der Waals surface area contributed by atoms with Gasteiger partial charge in [-0.3, -0.25) is 4.79 Å². The summed E-state index contributed by atoms with van der Waals surface area (Å²) in [5.41, 5.74) is 1.13. The molecule has 2 heterocycles. The molecule has 1 atom stereocenters. The van der Waals surface area contributed by atoms with Gasteiger partial charge in [-0.25, -0.2) is 4.39 Å². The van der Waals surface area contributed by atoms with Crippen molar-refractivity contribution in [2.24, 2.45) is 0 Å². The first-order chi connectivity index (χ1) is 10.7. The molecule has 0 bridgehead atoms. The summed E-state index contributed by atoms with van der Waals surface area (Å²) >= 11 is 1.85. The monoisotopic (exact) mass is 395 g/mol. The van der Waals surface area contributed by atoms with Gasteiger partial charge in [-0.1, -0.05) is 6.07 Å². The first-order valence-electron chi connectivity index (χ1n) is 7.88. The molecular formula is C16H24Cl2FN3OS. The van der Waals surface area contributed by atoms with Crippen molar-refractivity contribution in [1.29, 1.82) is 0 Å². The van der Waals surface area contributed by atoms with E-state index < -0.39 is 0 Å². The Hall–Kier alpha value is -0.690. The zero-order valence-corrected chi connectivity index (χ0v) is 15.9. The molecule has 1 amide bonds. The molecule has 0 radical (unpaired) electrons. The van der Waals surface area contributed by atoms with Gasteiger partial charge in [0.15, 0.2) is 0 Å². The Kier molecular flexibility index (Phi) is 9.19. The minimum atomic E-state index is -0.358. The third kappa shape index (κ3) is 5.41. The van der Waals surface area contributed by atoms with Crippen molar-refractivity contribution in [3.05, 3.63) is 24.0 Å². The number of carbonyl (C=O) groups is 1. The molecule has 136 valence electrons. The molecule has 24 heavy (non-hydrogen) atoms. The molecular weight excluding hydrogens is 372 g/mol. The average Bonchev–Trinajstić information content (AvgIpc) is 3.04. The summed E-state index contributed by atoms with van der Waals surface area (Å²) in [7, 11) is 0. The molecule has 0 saturated carbocycles. The van der Waals surface area contributed by atoms with E-state index in [-0.39, 0.29) is 42.6 Å². The van der Waals surface area contributed by atoms with Crippen LogP contribution in [-0.2, 0) is 4.79 Å². The number of carbonyl (C=O) groups excluding carboxylic acids is 1. The second-order valence-corrected chi connectivity index (χ2v) is 6.96. The molecule has 1 aromatic carbocycles. The van der Waals surface area contributed by atoms with Crippen LogP contribution in [0.25, 0.3) is 0 Å². The van der Waals surface area contributed by atoms with E-state index in [1.165, 1.54) is 6.07 Å². The van der Waals surface area contributed by atoms with Crippen LogP contribution >= 0.6 is 36.6 Å². The number of nitrogens with zero attached hydrogens (tertiary/aromatic N) is 1. The van der Waals surface area contributed by atoms with Gasteiger partial charge >= 0.3 is 0 Å². The van der Waals surface area contributed by atoms with Gasteiger partial charge in [-0.15, -0.1) is 24.8 Å². The number of para-hydroxylation sites is 1. The van der Waals surface area contributed by atoms with Gasteiger partial charge < -0.3 is 15.5 Å². The van der Waals surface area contributed by atoms with Crippen LogP contribution in [0.2, 0.25) is 0 Å². The summed E-state index contributed by atoms with van der Waals surface area (Å²) in [5, 5.41) is 6.13. The smallest absolute Gasteiger partial charge is 0.226 e. The maximum Gasteiger partial charge on any atom is 0.226 e. The van der Waals surface area contributed by atoms with Gasteiger partial charge in [0, 0.05) is 43.6 Å². The lowest BCUT2D eigenvalue weighted by Gasteiger charge is -2.24. The highest BCUT2D eigenvalue weighted by Gasteiger charge is 2.21. The predicted molar refractivity (Wildman–Crippen MR) is 105 cm³/mol. The summed E-state index contributed by atoms with van der Waals surface area (Å²) in [6.45, 7) is 2.78. The molecule has 2 aliphatic heterocycles. The number of nitrogens with one attached hydrogen (secondary N) is 2. The highest BCUT2D eigenvalue weighted by molar-refractivity contribution is 7.99. The Bertz CT molecular complexity index is 538. The van der Waals surface area contributed by atoms with Crippen LogP contribution in [0.15, 0.2) is 18.2 Å². The highest BCUT2D eigenvalue weighted by Crippen LogP contribution is 2.31. The maximum atomic E-state index is 14.2. The number of anilines is 2. The van der Waals surface area contributed by atoms with E-state index in [1.54, 1.807) is 6.07 Å². The number of rotatable bonds is 4. The molecule has 0 aromatic heterocycles. The highest BCUT2D eigenvalue weighted by atomic mass is 35.5. The van der Waals surface area contributed by atoms with Gasteiger partial charge in [-0.2, -0.15) is 11.8 Å². The average molecular weight is 396 g/mol. The van der Waals surface area contributed by atoms with Crippen molar-refractivity contribution >= 4 is 53.9 Å². The minimum absolute atomic E-state index is 0. The van der Waals surface area contributed by atoms with Crippen molar-refractivity contribution in [2.45, 2.75) is 25.3 Å². The van der Waals surface area contributed by atoms with Crippen LogP contribution in [0.4, 0.5) is 15.8 Å². The fraction of sp³-hybridized carbons (Fsp3) is 0.562. The molecule has 1 unspecified atom stereocenters. The second-order valence-electron chi connectivity index (χ2n) is 5.81. The summed E-state index contributed by atoms with van der Waals surface area (Å²) in [5.74, 6) is 1.54. The van der Waals surface area contributed by atoms with Crippen LogP contribution in [0.1, 0.15) is 19.3 Å². The molecule has 0 spiro atoms. The number of amides is 1. The van der Waals surface area contributed by atoms with Gasteiger partial charge in [-0.05, 0) is 25.0 Å². The van der Waals surface area contributed by atoms with E-state index in [2.05, 4.69) is 15.5 Å². The van der Waals surface area contributed by atoms with E-state index >= 15 is 0 Å². The number of halogens is 3. The summed E-state index contributed by atoms with van der Waals surface area (Å²) < 4.78 is 14.2. The molecule has 2 fully saturated rings. The Morgan fingerprint density at radius 3 is 2.75 bits per heavy atom. The maximum absolute atomic E-state index is 14.2. The van der Waals surface area contributed by atoms with E-state index in [1.807, 2.05) is 17.8 Å². The third-order valence-electron chi connectivity index (χ3n) is 4.13. The molecule has 0 aliphatic carbocycles. The van der Waals surface area contributed by atoms with Crippen LogP contribution in [0, 0.1) is 5.82 Å². The Balaban J connectivity index is 0.00000144. The van der Waals surface area contributed by atoms with Crippen LogP contribution in [0.3, 0.4) is 0 Å². The molecule has 4 nitrogen and oxygen atoms in total. The topological polar surface area (TPSA) is 44.4 Å². The third-order valence-corrected chi connectivity index (χ3v) is 5.26. The van der Waals surface area contributed by atoms with Crippen molar-refractivity contribution in [1.82, 2.24) is 5.32 Å². The number of benzene rings is 1. The molecule has 1 aromatic rings. The quantitative estimate of drug-likeness (QED) is 0.820. The fourth-order valence-corrected chi connectivity index (χ4v) is 3.97. The van der Waals surface area contributed by atoms with Gasteiger partial charge in [0.1, 0.15) is 11.5 Å². The van der Waals surface area contributed by atoms with E-state index in [4.69, 9.17) is 0 Å². The Labute approximate surface area is 159 Å². The zero-order chi connectivity index (χ0) is 15.4. The minimum Gasteiger partial charge on any atom is -0.370 e. The normalized spacial score (nSPS) is 20.0. The van der Waals surface area contributed by atoms with E-state index in [9.17, 15) is 9.18 Å². The van der Waals surface area contributed by atoms with Gasteiger partial charge in [0.2, 0.25) is 5.91 Å². The summed E-state index contributed by atoms with van der Waals surface area (Å²) in [4.78, 5) is 14.4. The fourth-order valence-electron chi connectivity index (χ4n) is 3.02. The van der Waals surface area contributed by atoms with Crippen molar-refractivity contribution in [3.8, 4) is 0 Å². The number of hydrogen-bond donors (Lipinski definition) is 2. The van der Waals surface area contributed by atoms with Gasteiger partial charge in [0.05, 0.1) is 5.69 Å². The Morgan fingerprint density at radius 1 is 1.33 bits per heavy atom. The standard InChI is InChI=1S/C16H22FN3OS.2ClH/c17-13-4-3-5-14(20-7-1-2-8-20)16(13)19-15(21)10-12-11-22-9-6-18-12;;/h3-5,12,18H,1-2,6-11H2,(H,19,21);2*1H. The molecule has 8 heteroatoms. The largest absolute Gasteiger partial charge is 0.370 e. The van der Waals surface area contributed by atoms with Crippen molar-refractivity contribution < 1.29 is 9.18 Å². The molecule has 2 N–H and O–H groups in total. The van der Waals surface area contributed by atoms with Gasteiger partial charge in [0.25, 0.3) is 0 Å². The number of thioether (sulfide) groups is 1. The zero-order valence-electron chi connectivity index (χ0n) is 13.4. The lowest BCUT2D eigenvalue weighted by Crippen LogP contribution is -2.40. The molecule has 2 saturated heterocycles. The van der Waals surface area contributed by atoms with E-state index in [0.717, 1.165) is 49.7 Å². The second kappa shape index (κ2) is 10.3. The molecule has 2 aliphatic rings. The predicted octanol–water partition coefficient (Wildman–Crippen LogP) is 3.30. The van der Waals surface area contributed by atoms with E-state index in [0.29, 0.717) is 12.1 Å². The van der Waals surface area contributed by atoms with Crippen molar-refractivity contribution in [3.63, 3.8) is 0 Å². The summed E-state index contributed by atoms with van der Waals surface area (Å²) in [6.07, 6.45) is 2.63. The summed E-state index contributed by atoms with van der Waals surface area (Å²) in [6, 6.07) is 5.18. The lowest BCUT2D eigenvalue weighted by molar-refractivity contribution is -0.116. The van der Waals surface area contributed by atoms with Crippen LogP contribution < -0.4 is 15.5 Å². The Morgan fingerprint density at radius 2 is 2.08 bits per heavy atom. The van der Waals surface area contributed by atoms with Crippen molar-refractivity contribution in [2.75, 3.05) is 41.4 Å².